The molecule has 3 rings (SSSR count). The van der Waals surface area contributed by atoms with Crippen LogP contribution in [0.1, 0.15) is 19.8 Å². The Morgan fingerprint density at radius 1 is 1.31 bits per heavy atom. The predicted molar refractivity (Wildman–Crippen MR) is 107 cm³/mol. The molecule has 2 fully saturated rings. The molecule has 0 radical (unpaired) electrons. The molecule has 26 heavy (non-hydrogen) atoms. The van der Waals surface area contributed by atoms with E-state index in [2.05, 4.69) is 17.1 Å². The number of nitrogens with zero attached hydrogens (tertiary/aromatic N) is 2. The molecule has 1 atom stereocenters. The zero-order valence-electron chi connectivity index (χ0n) is 14.8. The molecule has 1 aromatic rings. The lowest BCUT2D eigenvalue weighted by Gasteiger charge is -2.33. The number of morpholine rings is 1. The number of anilines is 1. The minimum Gasteiger partial charge on any atom is -0.379 e. The summed E-state index contributed by atoms with van der Waals surface area (Å²) in [6.07, 6.45) is 2.30. The fourth-order valence-corrected chi connectivity index (χ4v) is 5.14. The highest BCUT2D eigenvalue weighted by atomic mass is 35.5. The standard InChI is InChI=1S/C17H24ClN3O3S2/c1-13-3-2-6-20(12-13)17(25)19-16-11-14(4-5-15(16)18)26(22,23)21-7-9-24-10-8-21/h4-5,11,13H,2-3,6-10,12H2,1H3,(H,19,25)/t13-/m1/s1. The summed E-state index contributed by atoms with van der Waals surface area (Å²) in [6, 6.07) is 4.69. The van der Waals surface area contributed by atoms with Crippen molar-refractivity contribution in [1.29, 1.82) is 0 Å². The number of hydrogen-bond donors (Lipinski definition) is 1. The number of ether oxygens (including phenoxy) is 1. The number of sulfonamides is 1. The summed E-state index contributed by atoms with van der Waals surface area (Å²) in [5.74, 6) is 0.590. The number of likely N-dealkylation sites (tertiary alicyclic amines) is 1. The van der Waals surface area contributed by atoms with Crippen LogP contribution in [0.15, 0.2) is 23.1 Å². The lowest BCUT2D eigenvalue weighted by molar-refractivity contribution is 0.0730. The fourth-order valence-electron chi connectivity index (χ4n) is 3.26. The largest absolute Gasteiger partial charge is 0.379 e. The predicted octanol–water partition coefficient (Wildman–Crippen LogP) is 2.79. The summed E-state index contributed by atoms with van der Waals surface area (Å²) in [6.45, 7) is 5.55. The van der Waals surface area contributed by atoms with Crippen molar-refractivity contribution in [3.63, 3.8) is 0 Å². The third-order valence-electron chi connectivity index (χ3n) is 4.73. The van der Waals surface area contributed by atoms with Crippen LogP contribution in [0.5, 0.6) is 0 Å². The Labute approximate surface area is 165 Å². The lowest BCUT2D eigenvalue weighted by Crippen LogP contribution is -2.41. The van der Waals surface area contributed by atoms with E-state index in [1.165, 1.54) is 16.8 Å². The summed E-state index contributed by atoms with van der Waals surface area (Å²) < 4.78 is 32.4. The molecule has 0 unspecified atom stereocenters. The zero-order valence-corrected chi connectivity index (χ0v) is 17.2. The van der Waals surface area contributed by atoms with Crippen molar-refractivity contribution < 1.29 is 13.2 Å². The molecule has 1 N–H and O–H groups in total. The summed E-state index contributed by atoms with van der Waals surface area (Å²) in [7, 11) is -3.57. The Balaban J connectivity index is 1.78. The number of halogens is 1. The van der Waals surface area contributed by atoms with E-state index < -0.39 is 10.0 Å². The van der Waals surface area contributed by atoms with E-state index in [-0.39, 0.29) is 4.90 Å². The van der Waals surface area contributed by atoms with Gasteiger partial charge in [0, 0.05) is 26.2 Å². The molecule has 0 aromatic heterocycles. The number of thiocarbonyl (C=S) groups is 1. The van der Waals surface area contributed by atoms with Crippen LogP contribution in [-0.4, -0.2) is 62.1 Å². The van der Waals surface area contributed by atoms with Crippen molar-refractivity contribution in [2.75, 3.05) is 44.7 Å². The molecule has 144 valence electrons. The van der Waals surface area contributed by atoms with Crippen molar-refractivity contribution in [2.24, 2.45) is 5.92 Å². The maximum absolute atomic E-state index is 12.8. The highest BCUT2D eigenvalue weighted by molar-refractivity contribution is 7.89. The maximum atomic E-state index is 12.8. The fraction of sp³-hybridized carbons (Fsp3) is 0.588. The quantitative estimate of drug-likeness (QED) is 0.763. The van der Waals surface area contributed by atoms with Gasteiger partial charge >= 0.3 is 0 Å². The monoisotopic (exact) mass is 417 g/mol. The SMILES string of the molecule is C[C@@H]1CCCN(C(=S)Nc2cc(S(=O)(=O)N3CCOCC3)ccc2Cl)C1. The van der Waals surface area contributed by atoms with Crippen LogP contribution in [-0.2, 0) is 14.8 Å². The second-order valence-corrected chi connectivity index (χ2v) is 9.51. The van der Waals surface area contributed by atoms with Gasteiger partial charge < -0.3 is 15.0 Å². The van der Waals surface area contributed by atoms with Gasteiger partial charge in [-0.25, -0.2) is 8.42 Å². The van der Waals surface area contributed by atoms with E-state index in [1.807, 2.05) is 0 Å². The minimum atomic E-state index is -3.57. The molecular formula is C17H24ClN3O3S2. The van der Waals surface area contributed by atoms with Crippen LogP contribution in [0, 0.1) is 5.92 Å². The van der Waals surface area contributed by atoms with Gasteiger partial charge in [-0.2, -0.15) is 4.31 Å². The van der Waals surface area contributed by atoms with E-state index in [9.17, 15) is 8.42 Å². The van der Waals surface area contributed by atoms with Crippen LogP contribution in [0.25, 0.3) is 0 Å². The molecule has 2 aliphatic rings. The molecule has 2 saturated heterocycles. The molecule has 2 heterocycles. The molecule has 6 nitrogen and oxygen atoms in total. The third kappa shape index (κ3) is 4.48. The average Bonchev–Trinajstić information content (AvgIpc) is 2.64. The molecule has 0 saturated carbocycles. The van der Waals surface area contributed by atoms with Gasteiger partial charge in [0.05, 0.1) is 28.8 Å². The molecule has 0 aliphatic carbocycles. The number of rotatable bonds is 3. The zero-order chi connectivity index (χ0) is 18.7. The van der Waals surface area contributed by atoms with E-state index in [1.54, 1.807) is 12.1 Å². The summed E-state index contributed by atoms with van der Waals surface area (Å²) in [4.78, 5) is 2.32. The number of piperidine rings is 1. The van der Waals surface area contributed by atoms with Crippen LogP contribution in [0.4, 0.5) is 5.69 Å². The maximum Gasteiger partial charge on any atom is 0.243 e. The van der Waals surface area contributed by atoms with Crippen LogP contribution >= 0.6 is 23.8 Å². The van der Waals surface area contributed by atoms with Crippen LogP contribution in [0.2, 0.25) is 5.02 Å². The second kappa shape index (κ2) is 8.39. The Bertz CT molecular complexity index is 767. The number of nitrogens with one attached hydrogen (secondary N) is 1. The van der Waals surface area contributed by atoms with Crippen molar-refractivity contribution in [2.45, 2.75) is 24.7 Å². The topological polar surface area (TPSA) is 61.9 Å². The Kier molecular flexibility index (Phi) is 6.40. The number of benzene rings is 1. The molecule has 1 aromatic carbocycles. The Hall–Kier alpha value is -0.930. The van der Waals surface area contributed by atoms with Crippen molar-refractivity contribution in [3.8, 4) is 0 Å². The van der Waals surface area contributed by atoms with E-state index >= 15 is 0 Å². The van der Waals surface area contributed by atoms with Crippen molar-refractivity contribution in [3.05, 3.63) is 23.2 Å². The van der Waals surface area contributed by atoms with Gasteiger partial charge in [0.1, 0.15) is 0 Å². The molecular weight excluding hydrogens is 394 g/mol. The highest BCUT2D eigenvalue weighted by Crippen LogP contribution is 2.28. The minimum absolute atomic E-state index is 0.209. The normalized spacial score (nSPS) is 22.2. The molecule has 2 aliphatic heterocycles. The molecule has 0 amide bonds. The highest BCUT2D eigenvalue weighted by Gasteiger charge is 2.27. The van der Waals surface area contributed by atoms with Crippen LogP contribution in [0.3, 0.4) is 0 Å². The van der Waals surface area contributed by atoms with Crippen molar-refractivity contribution in [1.82, 2.24) is 9.21 Å². The van der Waals surface area contributed by atoms with Gasteiger partial charge in [-0.1, -0.05) is 18.5 Å². The first-order chi connectivity index (χ1) is 12.4. The average molecular weight is 418 g/mol. The van der Waals surface area contributed by atoms with Gasteiger partial charge in [0.25, 0.3) is 0 Å². The second-order valence-electron chi connectivity index (χ2n) is 6.78. The van der Waals surface area contributed by atoms with E-state index in [0.717, 1.165) is 19.5 Å². The first-order valence-electron chi connectivity index (χ1n) is 8.81. The Morgan fingerprint density at radius 3 is 2.73 bits per heavy atom. The van der Waals surface area contributed by atoms with E-state index in [4.69, 9.17) is 28.6 Å². The third-order valence-corrected chi connectivity index (χ3v) is 7.32. The van der Waals surface area contributed by atoms with Gasteiger partial charge in [0.15, 0.2) is 5.11 Å². The molecule has 9 heteroatoms. The summed E-state index contributed by atoms with van der Waals surface area (Å²) in [5, 5.41) is 4.16. The lowest BCUT2D eigenvalue weighted by atomic mass is 10.0. The summed E-state index contributed by atoms with van der Waals surface area (Å²) >= 11 is 11.8. The van der Waals surface area contributed by atoms with Gasteiger partial charge in [-0.15, -0.1) is 0 Å². The van der Waals surface area contributed by atoms with Gasteiger partial charge in [0.2, 0.25) is 10.0 Å². The van der Waals surface area contributed by atoms with Gasteiger partial charge in [-0.3, -0.25) is 0 Å². The molecule has 0 bridgehead atoms. The molecule has 0 spiro atoms. The smallest absolute Gasteiger partial charge is 0.243 e. The van der Waals surface area contributed by atoms with Crippen molar-refractivity contribution >= 4 is 44.6 Å². The summed E-state index contributed by atoms with van der Waals surface area (Å²) in [5.41, 5.74) is 0.518. The first kappa shape index (κ1) is 19.8. The first-order valence-corrected chi connectivity index (χ1v) is 11.0. The van der Waals surface area contributed by atoms with Crippen LogP contribution < -0.4 is 5.32 Å². The van der Waals surface area contributed by atoms with Gasteiger partial charge in [-0.05, 0) is 49.2 Å². The number of hydrogen-bond acceptors (Lipinski definition) is 4. The Morgan fingerprint density at radius 2 is 2.04 bits per heavy atom. The van der Waals surface area contributed by atoms with E-state index in [0.29, 0.717) is 48.0 Å².